The predicted octanol–water partition coefficient (Wildman–Crippen LogP) is 8.84. The molecule has 6 rings (SSSR count). The van der Waals surface area contributed by atoms with Gasteiger partial charge in [0.05, 0.1) is 0 Å². The largest absolute Gasteiger partial charge is 0.892 e. The van der Waals surface area contributed by atoms with E-state index in [0.29, 0.717) is 0 Å². The first kappa shape index (κ1) is 46.2. The zero-order valence-corrected chi connectivity index (χ0v) is 33.7. The molecule has 5 heteroatoms. The van der Waals surface area contributed by atoms with E-state index in [1.165, 1.54) is 0 Å². The Kier molecular flexibility index (Phi) is 23.6. The molecule has 0 radical (unpaired) electrons. The molecule has 0 spiro atoms. The molecule has 6 aliphatic carbocycles. The summed E-state index contributed by atoms with van der Waals surface area (Å²) in [5.74, 6) is -0.0341. The van der Waals surface area contributed by atoms with Crippen molar-refractivity contribution in [2.75, 3.05) is 0 Å². The predicted molar refractivity (Wildman–Crippen MR) is 221 cm³/mol. The molecule has 0 heterocycles. The zero-order chi connectivity index (χ0) is 37.9. The molecule has 56 heavy (non-hydrogen) atoms. The summed E-state index contributed by atoms with van der Waals surface area (Å²) in [5, 5.41) is 34.8. The fraction of sp³-hybridized carbons (Fsp3) is 0. The van der Waals surface area contributed by atoms with Crippen LogP contribution in [0.4, 0.5) is 0 Å². The second-order valence-corrected chi connectivity index (χ2v) is 11.7. The number of hydrogen-bond acceptors (Lipinski definition) is 3. The average Bonchev–Trinajstić information content (AvgIpc) is 3.24. The normalized spacial score (nSPS) is 21.3. The Bertz CT molecular complexity index is 1720. The maximum absolute atomic E-state index is 11.6. The monoisotopic (exact) mass is 914 g/mol. The fourth-order valence-corrected chi connectivity index (χ4v) is 4.62. The molecule has 0 saturated heterocycles. The number of hydrogen-bond donors (Lipinski definition) is 0. The van der Waals surface area contributed by atoms with E-state index in [0.717, 1.165) is 33.4 Å². The Morgan fingerprint density at radius 3 is 0.750 bits per heavy atom. The van der Waals surface area contributed by atoms with Gasteiger partial charge >= 0.3 is 0 Å². The summed E-state index contributed by atoms with van der Waals surface area (Å²) >= 11 is 0. The Morgan fingerprint density at radius 2 is 0.554 bits per heavy atom. The topological polar surface area (TPSA) is 69.2 Å². The molecule has 0 unspecified atom stereocenters. The first-order valence-corrected chi connectivity index (χ1v) is 17.5. The van der Waals surface area contributed by atoms with Gasteiger partial charge in [0.15, 0.2) is 0 Å². The van der Waals surface area contributed by atoms with Crippen LogP contribution < -0.4 is 15.3 Å². The standard InChI is InChI=1S/3C17H15O.2Pd/c3*18-17(13-11-15-7-3-1-4-8-15)14-12-16-9-5-2-6-10-16;;/h3*1-14,18H;;/q3*-3;;/p-3/b3*17-13-;;. The second-order valence-electron chi connectivity index (χ2n) is 11.7. The molecule has 6 aliphatic rings. The van der Waals surface area contributed by atoms with Gasteiger partial charge in [-0.05, 0) is 0 Å². The number of rotatable bonds is 9. The van der Waals surface area contributed by atoms with Crippen molar-refractivity contribution in [1.29, 1.82) is 0 Å². The van der Waals surface area contributed by atoms with Gasteiger partial charge in [0.1, 0.15) is 0 Å². The van der Waals surface area contributed by atoms with Crippen LogP contribution in [0.25, 0.3) is 0 Å². The van der Waals surface area contributed by atoms with E-state index in [4.69, 9.17) is 0 Å². The minimum atomic E-state index is -0.0114. The molecular weight excluding hydrogens is 873 g/mol. The van der Waals surface area contributed by atoms with Crippen LogP contribution >= 0.6 is 0 Å². The van der Waals surface area contributed by atoms with Crippen molar-refractivity contribution in [1.82, 2.24) is 0 Å². The van der Waals surface area contributed by atoms with E-state index < -0.39 is 0 Å². The Morgan fingerprint density at radius 1 is 0.339 bits per heavy atom. The summed E-state index contributed by atoms with van der Waals surface area (Å²) in [6, 6.07) is 0. The van der Waals surface area contributed by atoms with Crippen LogP contribution in [0.15, 0.2) is 251 Å². The summed E-state index contributed by atoms with van der Waals surface area (Å²) in [5.41, 5.74) is 6.16. The van der Waals surface area contributed by atoms with Gasteiger partial charge in [0, 0.05) is 40.8 Å². The average molecular weight is 916 g/mol. The van der Waals surface area contributed by atoms with Gasteiger partial charge in [-0.1, -0.05) is 0 Å². The third-order valence-electron chi connectivity index (χ3n) is 7.44. The van der Waals surface area contributed by atoms with Crippen LogP contribution in [-0.4, -0.2) is 0 Å². The minimum Gasteiger partial charge on any atom is -0.892 e. The van der Waals surface area contributed by atoms with E-state index in [1.54, 1.807) is 37.5 Å². The molecular formula is C51H42O3Pd2-12. The summed E-state index contributed by atoms with van der Waals surface area (Å²) in [4.78, 5) is 0. The second kappa shape index (κ2) is 28.5. The van der Waals surface area contributed by atoms with Gasteiger partial charge in [-0.3, -0.25) is 0 Å². The fourth-order valence-electron chi connectivity index (χ4n) is 4.62. The van der Waals surface area contributed by atoms with Crippen molar-refractivity contribution >= 4 is 0 Å². The van der Waals surface area contributed by atoms with E-state index in [9.17, 15) is 15.3 Å². The summed E-state index contributed by atoms with van der Waals surface area (Å²) < 4.78 is 0. The molecule has 0 aromatic carbocycles. The van der Waals surface area contributed by atoms with E-state index in [-0.39, 0.29) is 58.1 Å². The van der Waals surface area contributed by atoms with Gasteiger partial charge < -0.3 is 15.3 Å². The van der Waals surface area contributed by atoms with E-state index in [1.807, 2.05) is 221 Å². The molecule has 0 aromatic rings. The first-order chi connectivity index (χ1) is 26.5. The van der Waals surface area contributed by atoms with Crippen molar-refractivity contribution in [3.05, 3.63) is 309 Å². The molecule has 0 fully saturated rings. The van der Waals surface area contributed by atoms with Crippen molar-refractivity contribution < 1.29 is 56.2 Å². The van der Waals surface area contributed by atoms with Crippen LogP contribution in [0.1, 0.15) is 0 Å². The molecule has 0 bridgehead atoms. The third-order valence-corrected chi connectivity index (χ3v) is 7.44. The van der Waals surface area contributed by atoms with Gasteiger partial charge in [-0.2, -0.15) is 109 Å². The molecule has 296 valence electrons. The third kappa shape index (κ3) is 20.5. The van der Waals surface area contributed by atoms with Gasteiger partial charge in [-0.15, -0.1) is 110 Å². The molecule has 0 amide bonds. The molecule has 0 atom stereocenters. The van der Waals surface area contributed by atoms with Crippen molar-refractivity contribution in [2.45, 2.75) is 0 Å². The quantitative estimate of drug-likeness (QED) is 0.132. The van der Waals surface area contributed by atoms with Crippen molar-refractivity contribution in [3.8, 4) is 0 Å². The Labute approximate surface area is 362 Å². The summed E-state index contributed by atoms with van der Waals surface area (Å²) in [6.45, 7) is 0. The van der Waals surface area contributed by atoms with Crippen molar-refractivity contribution in [2.24, 2.45) is 0 Å². The van der Waals surface area contributed by atoms with Crippen LogP contribution in [0, 0.1) is 57.8 Å². The van der Waals surface area contributed by atoms with E-state index in [2.05, 4.69) is 0 Å². The Balaban J connectivity index is 0.000000285. The maximum Gasteiger partial charge on any atom is 0 e. The van der Waals surface area contributed by atoms with E-state index >= 15 is 0 Å². The molecule has 0 N–H and O–H groups in total. The van der Waals surface area contributed by atoms with Gasteiger partial charge in [0.25, 0.3) is 0 Å². The Hall–Kier alpha value is -5.91. The smallest absolute Gasteiger partial charge is 0 e. The number of allylic oxidation sites excluding steroid dienone is 39. The molecule has 0 aliphatic heterocycles. The molecule has 0 aromatic heterocycles. The zero-order valence-electron chi connectivity index (χ0n) is 30.6. The summed E-state index contributed by atoms with van der Waals surface area (Å²) in [7, 11) is 0. The van der Waals surface area contributed by atoms with Crippen LogP contribution in [0.2, 0.25) is 0 Å². The van der Waals surface area contributed by atoms with Gasteiger partial charge in [0.2, 0.25) is 0 Å². The maximum atomic E-state index is 11.6. The van der Waals surface area contributed by atoms with Crippen molar-refractivity contribution in [3.63, 3.8) is 0 Å². The molecule has 3 nitrogen and oxygen atoms in total. The first-order valence-electron chi connectivity index (χ1n) is 17.5. The molecule has 0 saturated carbocycles. The van der Waals surface area contributed by atoms with Crippen LogP contribution in [0.5, 0.6) is 0 Å². The van der Waals surface area contributed by atoms with Crippen LogP contribution in [0.3, 0.4) is 0 Å². The minimum absolute atomic E-state index is 0. The van der Waals surface area contributed by atoms with Crippen LogP contribution in [-0.2, 0) is 40.8 Å². The van der Waals surface area contributed by atoms with Gasteiger partial charge in [-0.25, -0.2) is 89.7 Å². The summed E-state index contributed by atoms with van der Waals surface area (Å²) in [6.07, 6.45) is 79.0. The SMILES string of the molecule is [O-]/C(=C\C=C1/C=CC=C[CH-]1)[CH-]/C=C1/C=CC=C[CH-]1.[O-]/C(=C\C=C1\C=CC=C[CH-]1)[CH-]/C=C1/C=CC=C[CH-]1.[O-]/C(=C\C=C1\C=CC=C[CH-]1)[CH-]/C=C1\C=CC=C[CH-]1.[Pd].[Pd].